The van der Waals surface area contributed by atoms with Gasteiger partial charge in [-0.15, -0.1) is 0 Å². The van der Waals surface area contributed by atoms with E-state index >= 15 is 0 Å². The molecule has 0 nitrogen and oxygen atoms in total. The Balaban J connectivity index is 2.56. The summed E-state index contributed by atoms with van der Waals surface area (Å²) in [6.07, 6.45) is -2.49. The smallest absolute Gasteiger partial charge is 0.205 e. The van der Waals surface area contributed by atoms with Crippen molar-refractivity contribution in [2.75, 3.05) is 0 Å². The zero-order valence-electron chi connectivity index (χ0n) is 8.63. The third-order valence-corrected chi connectivity index (χ3v) is 3.15. The van der Waals surface area contributed by atoms with Gasteiger partial charge in [0.05, 0.1) is 0 Å². The van der Waals surface area contributed by atoms with E-state index in [9.17, 15) is 8.78 Å². The lowest BCUT2D eigenvalue weighted by molar-refractivity contribution is 0.152. The summed E-state index contributed by atoms with van der Waals surface area (Å²) in [4.78, 5) is 0. The lowest BCUT2D eigenvalue weighted by Crippen LogP contribution is -1.90. The fourth-order valence-corrected chi connectivity index (χ4v) is 2.09. The van der Waals surface area contributed by atoms with Crippen molar-refractivity contribution in [1.82, 2.24) is 0 Å². The van der Waals surface area contributed by atoms with Gasteiger partial charge in [0.2, 0.25) is 0 Å². The fourth-order valence-electron chi connectivity index (χ4n) is 1.60. The first-order valence-corrected chi connectivity index (χ1v) is 6.08. The molecule has 0 aliphatic carbocycles. The van der Waals surface area contributed by atoms with Crippen LogP contribution in [0.25, 0.3) is 11.1 Å². The SMILES string of the molecule is FC(F)c1ccc(Br)cc1-c1ccc(Cl)cc1. The number of hydrogen-bond acceptors (Lipinski definition) is 0. The summed E-state index contributed by atoms with van der Waals surface area (Å²) in [5.41, 5.74) is 1.27. The topological polar surface area (TPSA) is 0 Å². The highest BCUT2D eigenvalue weighted by Crippen LogP contribution is 2.33. The Labute approximate surface area is 111 Å². The molecule has 0 saturated heterocycles. The molecular formula is C13H8BrClF2. The van der Waals surface area contributed by atoms with E-state index in [1.54, 1.807) is 36.4 Å². The van der Waals surface area contributed by atoms with Crippen molar-refractivity contribution >= 4 is 27.5 Å². The van der Waals surface area contributed by atoms with E-state index in [1.165, 1.54) is 6.07 Å². The van der Waals surface area contributed by atoms with E-state index in [2.05, 4.69) is 15.9 Å². The largest absolute Gasteiger partial charge is 0.264 e. The van der Waals surface area contributed by atoms with Crippen molar-refractivity contribution in [2.45, 2.75) is 6.43 Å². The summed E-state index contributed by atoms with van der Waals surface area (Å²) in [6.45, 7) is 0. The van der Waals surface area contributed by atoms with Crippen LogP contribution in [-0.4, -0.2) is 0 Å². The molecule has 0 spiro atoms. The highest BCUT2D eigenvalue weighted by atomic mass is 79.9. The van der Waals surface area contributed by atoms with Gasteiger partial charge in [0.1, 0.15) is 0 Å². The van der Waals surface area contributed by atoms with Crippen LogP contribution in [0, 0.1) is 0 Å². The van der Waals surface area contributed by atoms with E-state index in [-0.39, 0.29) is 5.56 Å². The quantitative estimate of drug-likeness (QED) is 0.666. The zero-order valence-corrected chi connectivity index (χ0v) is 11.0. The normalized spacial score (nSPS) is 10.9. The van der Waals surface area contributed by atoms with Crippen LogP contribution in [0.5, 0.6) is 0 Å². The molecule has 0 radical (unpaired) electrons. The van der Waals surface area contributed by atoms with E-state index in [4.69, 9.17) is 11.6 Å². The van der Waals surface area contributed by atoms with Gasteiger partial charge in [0.25, 0.3) is 6.43 Å². The molecule has 0 saturated carbocycles. The van der Waals surface area contributed by atoms with E-state index < -0.39 is 6.43 Å². The summed E-state index contributed by atoms with van der Waals surface area (Å²) >= 11 is 9.06. The zero-order chi connectivity index (χ0) is 12.4. The predicted molar refractivity (Wildman–Crippen MR) is 69.5 cm³/mol. The van der Waals surface area contributed by atoms with Crippen LogP contribution >= 0.6 is 27.5 Å². The molecule has 2 rings (SSSR count). The minimum absolute atomic E-state index is 0.0236. The Bertz CT molecular complexity index is 523. The van der Waals surface area contributed by atoms with Crippen LogP contribution in [0.1, 0.15) is 12.0 Å². The summed E-state index contributed by atoms with van der Waals surface area (Å²) in [5.74, 6) is 0. The van der Waals surface area contributed by atoms with Crippen LogP contribution < -0.4 is 0 Å². The summed E-state index contributed by atoms with van der Waals surface area (Å²) in [5, 5.41) is 0.586. The van der Waals surface area contributed by atoms with Gasteiger partial charge in [-0.1, -0.05) is 45.7 Å². The molecule has 0 aliphatic rings. The number of halogens is 4. The highest BCUT2D eigenvalue weighted by Gasteiger charge is 2.14. The van der Waals surface area contributed by atoms with Gasteiger partial charge in [-0.2, -0.15) is 0 Å². The fraction of sp³-hybridized carbons (Fsp3) is 0.0769. The first kappa shape index (κ1) is 12.5. The third-order valence-electron chi connectivity index (χ3n) is 2.41. The Morgan fingerprint density at radius 2 is 1.65 bits per heavy atom. The summed E-state index contributed by atoms with van der Waals surface area (Å²) in [7, 11) is 0. The Kier molecular flexibility index (Phi) is 3.79. The average molecular weight is 318 g/mol. The maximum atomic E-state index is 12.9. The standard InChI is InChI=1S/C13H8BrClF2/c14-9-3-6-11(13(16)17)12(7-9)8-1-4-10(15)5-2-8/h1-7,13H. The second kappa shape index (κ2) is 5.15. The maximum absolute atomic E-state index is 12.9. The van der Waals surface area contributed by atoms with Gasteiger partial charge < -0.3 is 0 Å². The second-order valence-corrected chi connectivity index (χ2v) is 4.89. The van der Waals surface area contributed by atoms with Crippen LogP contribution in [0.15, 0.2) is 46.9 Å². The van der Waals surface area contributed by atoms with Crippen LogP contribution in [-0.2, 0) is 0 Å². The first-order chi connectivity index (χ1) is 8.08. The minimum Gasteiger partial charge on any atom is -0.205 e. The first-order valence-electron chi connectivity index (χ1n) is 4.91. The minimum atomic E-state index is -2.49. The lowest BCUT2D eigenvalue weighted by atomic mass is 10.00. The Morgan fingerprint density at radius 1 is 1.00 bits per heavy atom. The summed E-state index contributed by atoms with van der Waals surface area (Å²) < 4.78 is 26.5. The molecule has 0 aliphatic heterocycles. The van der Waals surface area contributed by atoms with E-state index in [0.29, 0.717) is 10.6 Å². The molecule has 2 aromatic carbocycles. The van der Waals surface area contributed by atoms with Gasteiger partial charge in [0.15, 0.2) is 0 Å². The van der Waals surface area contributed by atoms with Crippen LogP contribution in [0.4, 0.5) is 8.78 Å². The van der Waals surface area contributed by atoms with Gasteiger partial charge in [-0.25, -0.2) is 8.78 Å². The van der Waals surface area contributed by atoms with Gasteiger partial charge in [-0.05, 0) is 35.4 Å². The predicted octanol–water partition coefficient (Wildman–Crippen LogP) is 5.71. The molecule has 0 unspecified atom stereocenters. The number of benzene rings is 2. The van der Waals surface area contributed by atoms with Crippen molar-refractivity contribution in [1.29, 1.82) is 0 Å². The molecule has 2 aromatic rings. The van der Waals surface area contributed by atoms with Crippen molar-refractivity contribution in [3.8, 4) is 11.1 Å². The van der Waals surface area contributed by atoms with Gasteiger partial charge in [-0.3, -0.25) is 0 Å². The Hall–Kier alpha value is -0.930. The lowest BCUT2D eigenvalue weighted by Gasteiger charge is -2.09. The van der Waals surface area contributed by atoms with E-state index in [0.717, 1.165) is 10.0 Å². The van der Waals surface area contributed by atoms with Crippen LogP contribution in [0.3, 0.4) is 0 Å². The molecular weight excluding hydrogens is 309 g/mol. The molecule has 4 heteroatoms. The molecule has 0 bridgehead atoms. The van der Waals surface area contributed by atoms with Crippen molar-refractivity contribution in [2.24, 2.45) is 0 Å². The van der Waals surface area contributed by atoms with Crippen LogP contribution in [0.2, 0.25) is 5.02 Å². The number of rotatable bonds is 2. The molecule has 88 valence electrons. The van der Waals surface area contributed by atoms with Gasteiger partial charge >= 0.3 is 0 Å². The second-order valence-electron chi connectivity index (χ2n) is 3.54. The molecule has 0 aromatic heterocycles. The molecule has 17 heavy (non-hydrogen) atoms. The average Bonchev–Trinajstić information content (AvgIpc) is 2.29. The molecule has 0 heterocycles. The van der Waals surface area contributed by atoms with E-state index in [1.807, 2.05) is 0 Å². The van der Waals surface area contributed by atoms with Crippen molar-refractivity contribution in [3.63, 3.8) is 0 Å². The molecule has 0 atom stereocenters. The molecule has 0 fully saturated rings. The molecule has 0 N–H and O–H groups in total. The highest BCUT2D eigenvalue weighted by molar-refractivity contribution is 9.10. The number of alkyl halides is 2. The third kappa shape index (κ3) is 2.85. The monoisotopic (exact) mass is 316 g/mol. The maximum Gasteiger partial charge on any atom is 0.264 e. The molecule has 0 amide bonds. The summed E-state index contributed by atoms with van der Waals surface area (Å²) in [6, 6.07) is 11.6. The number of hydrogen-bond donors (Lipinski definition) is 0. The van der Waals surface area contributed by atoms with Crippen molar-refractivity contribution in [3.05, 3.63) is 57.5 Å². The van der Waals surface area contributed by atoms with Crippen molar-refractivity contribution < 1.29 is 8.78 Å². The Morgan fingerprint density at radius 3 is 2.24 bits per heavy atom. The van der Waals surface area contributed by atoms with Gasteiger partial charge in [0, 0.05) is 15.1 Å².